The monoisotopic (exact) mass is 476 g/mol. The Bertz CT molecular complexity index is 1020. The Labute approximate surface area is 201 Å². The number of rotatable bonds is 7. The van der Waals surface area contributed by atoms with Gasteiger partial charge in [-0.25, -0.2) is 8.78 Å². The van der Waals surface area contributed by atoms with Gasteiger partial charge in [0.15, 0.2) is 5.69 Å². The first-order chi connectivity index (χ1) is 15.8. The Morgan fingerprint density at radius 2 is 1.97 bits per heavy atom. The zero-order chi connectivity index (χ0) is 25.3. The maximum Gasteiger partial charge on any atom is 0.272 e. The minimum atomic E-state index is -2.68. The van der Waals surface area contributed by atoms with Gasteiger partial charge in [-0.15, -0.1) is 0 Å². The Balaban J connectivity index is 1.91. The van der Waals surface area contributed by atoms with E-state index in [1.54, 1.807) is 11.6 Å². The van der Waals surface area contributed by atoms with Crippen LogP contribution in [0.15, 0.2) is 12.3 Å². The van der Waals surface area contributed by atoms with Crippen LogP contribution in [0.3, 0.4) is 0 Å². The van der Waals surface area contributed by atoms with Crippen LogP contribution in [0.25, 0.3) is 11.3 Å². The molecule has 2 aromatic heterocycles. The molecule has 1 amide bonds. The van der Waals surface area contributed by atoms with Crippen LogP contribution in [-0.2, 0) is 13.0 Å². The van der Waals surface area contributed by atoms with Gasteiger partial charge < -0.3 is 10.4 Å². The van der Waals surface area contributed by atoms with Crippen molar-refractivity contribution in [1.82, 2.24) is 20.1 Å². The van der Waals surface area contributed by atoms with E-state index in [9.17, 15) is 18.7 Å². The maximum atomic E-state index is 14.1. The highest BCUT2D eigenvalue weighted by atomic mass is 19.3. The van der Waals surface area contributed by atoms with Gasteiger partial charge in [-0.2, -0.15) is 5.10 Å². The third-order valence-corrected chi connectivity index (χ3v) is 6.68. The van der Waals surface area contributed by atoms with Crippen LogP contribution < -0.4 is 5.32 Å². The molecule has 0 spiro atoms. The highest BCUT2D eigenvalue weighted by molar-refractivity contribution is 5.95. The summed E-state index contributed by atoms with van der Waals surface area (Å²) in [5.74, 6) is 0.169. The molecule has 6 nitrogen and oxygen atoms in total. The summed E-state index contributed by atoms with van der Waals surface area (Å²) in [5, 5.41) is 18.1. The Hall–Kier alpha value is -2.35. The molecule has 0 bridgehead atoms. The summed E-state index contributed by atoms with van der Waals surface area (Å²) in [6.45, 7) is 12.4. The van der Waals surface area contributed by atoms with Gasteiger partial charge in [0.2, 0.25) is 0 Å². The fourth-order valence-corrected chi connectivity index (χ4v) is 4.68. The number of alkyl halides is 2. The van der Waals surface area contributed by atoms with Crippen molar-refractivity contribution >= 4 is 5.91 Å². The van der Waals surface area contributed by atoms with Crippen molar-refractivity contribution in [2.75, 3.05) is 6.54 Å². The van der Waals surface area contributed by atoms with E-state index < -0.39 is 17.9 Å². The molecule has 0 aromatic carbocycles. The second kappa shape index (κ2) is 10.1. The van der Waals surface area contributed by atoms with Crippen LogP contribution in [-0.4, -0.2) is 37.9 Å². The summed E-state index contributed by atoms with van der Waals surface area (Å²) in [7, 11) is 0. The molecule has 0 radical (unpaired) electrons. The SMILES string of the molecule is CCn1nc(C(=O)NCC2(O)CCC(C)CC2)c(C)c1-c1cnc(CC(C)(C)C)cc1C(F)F. The van der Waals surface area contributed by atoms with E-state index in [4.69, 9.17) is 0 Å². The number of carbonyl (C=O) groups is 1. The molecule has 34 heavy (non-hydrogen) atoms. The first-order valence-electron chi connectivity index (χ1n) is 12.2. The van der Waals surface area contributed by atoms with Crippen molar-refractivity contribution in [2.24, 2.45) is 11.3 Å². The van der Waals surface area contributed by atoms with Gasteiger partial charge in [0.1, 0.15) is 0 Å². The fourth-order valence-electron chi connectivity index (χ4n) is 4.68. The normalized spacial score (nSPS) is 21.2. The Morgan fingerprint density at radius 1 is 1.32 bits per heavy atom. The number of hydrogen-bond acceptors (Lipinski definition) is 4. The van der Waals surface area contributed by atoms with Crippen molar-refractivity contribution in [3.8, 4) is 11.3 Å². The average molecular weight is 477 g/mol. The van der Waals surface area contributed by atoms with Gasteiger partial charge in [-0.1, -0.05) is 27.7 Å². The maximum absolute atomic E-state index is 14.1. The molecule has 2 aromatic rings. The lowest BCUT2D eigenvalue weighted by molar-refractivity contribution is -0.00544. The third-order valence-electron chi connectivity index (χ3n) is 6.68. The average Bonchev–Trinajstić information content (AvgIpc) is 3.09. The van der Waals surface area contributed by atoms with E-state index >= 15 is 0 Å². The van der Waals surface area contributed by atoms with Gasteiger partial charge in [0, 0.05) is 41.7 Å². The number of hydrogen-bond donors (Lipinski definition) is 2. The van der Waals surface area contributed by atoms with E-state index in [1.165, 1.54) is 12.3 Å². The number of pyridine rings is 1. The molecule has 2 heterocycles. The van der Waals surface area contributed by atoms with Gasteiger partial charge in [-0.05, 0) is 63.4 Å². The molecule has 3 rings (SSSR count). The van der Waals surface area contributed by atoms with Crippen molar-refractivity contribution < 1.29 is 18.7 Å². The quantitative estimate of drug-likeness (QED) is 0.555. The Morgan fingerprint density at radius 3 is 2.53 bits per heavy atom. The van der Waals surface area contributed by atoms with E-state index in [2.05, 4.69) is 22.3 Å². The first-order valence-corrected chi connectivity index (χ1v) is 12.2. The molecule has 1 aliphatic carbocycles. The van der Waals surface area contributed by atoms with E-state index in [1.807, 2.05) is 27.7 Å². The Kier molecular flexibility index (Phi) is 7.80. The molecular formula is C26H38F2N4O2. The van der Waals surface area contributed by atoms with Gasteiger partial charge >= 0.3 is 0 Å². The summed E-state index contributed by atoms with van der Waals surface area (Å²) < 4.78 is 29.8. The lowest BCUT2D eigenvalue weighted by Gasteiger charge is -2.34. The number of halogens is 2. The van der Waals surface area contributed by atoms with Crippen LogP contribution in [0.4, 0.5) is 8.78 Å². The number of nitrogens with zero attached hydrogens (tertiary/aromatic N) is 3. The molecule has 1 aliphatic rings. The van der Waals surface area contributed by atoms with Gasteiger partial charge in [0.05, 0.1) is 11.3 Å². The van der Waals surface area contributed by atoms with Crippen molar-refractivity contribution in [3.63, 3.8) is 0 Å². The van der Waals surface area contributed by atoms with Crippen LogP contribution in [0.2, 0.25) is 0 Å². The van der Waals surface area contributed by atoms with Gasteiger partial charge in [0.25, 0.3) is 12.3 Å². The predicted octanol–water partition coefficient (Wildman–Crippen LogP) is 5.47. The zero-order valence-electron chi connectivity index (χ0n) is 21.2. The van der Waals surface area contributed by atoms with E-state index in [0.717, 1.165) is 12.8 Å². The second-order valence-electron chi connectivity index (χ2n) is 11.0. The molecule has 0 unspecified atom stereocenters. The molecule has 8 heteroatoms. The first kappa shape index (κ1) is 26.3. The number of aliphatic hydroxyl groups is 1. The molecule has 0 atom stereocenters. The van der Waals surface area contributed by atoms with Crippen LogP contribution in [0, 0.1) is 18.3 Å². The highest BCUT2D eigenvalue weighted by Gasteiger charge is 2.33. The minimum Gasteiger partial charge on any atom is -0.388 e. The lowest BCUT2D eigenvalue weighted by atomic mass is 9.79. The summed E-state index contributed by atoms with van der Waals surface area (Å²) >= 11 is 0. The topological polar surface area (TPSA) is 80.0 Å². The van der Waals surface area contributed by atoms with Crippen molar-refractivity contribution in [3.05, 3.63) is 34.8 Å². The molecule has 1 saturated carbocycles. The molecule has 2 N–H and O–H groups in total. The lowest BCUT2D eigenvalue weighted by Crippen LogP contribution is -2.45. The summed E-state index contributed by atoms with van der Waals surface area (Å²) in [5.41, 5.74) is 0.980. The highest BCUT2D eigenvalue weighted by Crippen LogP contribution is 2.35. The number of carbonyl (C=O) groups excluding carboxylic acids is 1. The summed E-state index contributed by atoms with van der Waals surface area (Å²) in [4.78, 5) is 17.5. The van der Waals surface area contributed by atoms with Crippen LogP contribution in [0.5, 0.6) is 0 Å². The zero-order valence-corrected chi connectivity index (χ0v) is 21.2. The summed E-state index contributed by atoms with van der Waals surface area (Å²) in [6, 6.07) is 1.47. The van der Waals surface area contributed by atoms with Crippen LogP contribution >= 0.6 is 0 Å². The van der Waals surface area contributed by atoms with Crippen LogP contribution in [0.1, 0.15) is 94.0 Å². The second-order valence-corrected chi connectivity index (χ2v) is 11.0. The fraction of sp³-hybridized carbons (Fsp3) is 0.654. The van der Waals surface area contributed by atoms with E-state index in [0.29, 0.717) is 54.2 Å². The van der Waals surface area contributed by atoms with Crippen molar-refractivity contribution in [2.45, 2.75) is 92.2 Å². The number of amides is 1. The largest absolute Gasteiger partial charge is 0.388 e. The van der Waals surface area contributed by atoms with Crippen molar-refractivity contribution in [1.29, 1.82) is 0 Å². The molecule has 0 saturated heterocycles. The van der Waals surface area contributed by atoms with Gasteiger partial charge in [-0.3, -0.25) is 14.5 Å². The third kappa shape index (κ3) is 6.01. The summed E-state index contributed by atoms with van der Waals surface area (Å²) in [6.07, 6.45) is 2.51. The standard InChI is InChI=1S/C26H38F2N4O2/c1-7-32-22(20-14-29-18(13-25(4,5)6)12-19(20)23(27)28)17(3)21(31-32)24(33)30-15-26(34)10-8-16(2)9-11-26/h12,14,16,23,34H,7-11,13,15H2,1-6H3,(H,30,33). The number of nitrogens with one attached hydrogen (secondary N) is 1. The molecule has 188 valence electrons. The number of aryl methyl sites for hydroxylation is 1. The molecule has 0 aliphatic heterocycles. The molecule has 1 fully saturated rings. The van der Waals surface area contributed by atoms with E-state index in [-0.39, 0.29) is 23.2 Å². The predicted molar refractivity (Wildman–Crippen MR) is 129 cm³/mol. The minimum absolute atomic E-state index is 0.0826. The smallest absolute Gasteiger partial charge is 0.272 e. The number of aromatic nitrogens is 3. The molecular weight excluding hydrogens is 438 g/mol.